The molecule has 1 aliphatic heterocycles. The van der Waals surface area contributed by atoms with Crippen molar-refractivity contribution in [3.05, 3.63) is 45.4 Å². The van der Waals surface area contributed by atoms with Crippen molar-refractivity contribution in [2.24, 2.45) is 11.8 Å². The van der Waals surface area contributed by atoms with Gasteiger partial charge in [0.15, 0.2) is 5.13 Å². The number of aromatic nitrogens is 1. The standard InChI is InChI=1S/C17H20ClN3OS.ClH/c1-10-5-14(18)4-3-12(10)6-15-9-20-17(23-15)21-16(22)11(2)13-7-19-8-13;/h3-5,9,11,13,19H,6-8H2,1-2H3,(H,20,21,22);1H. The largest absolute Gasteiger partial charge is 0.316 e. The summed E-state index contributed by atoms with van der Waals surface area (Å²) in [6.45, 7) is 5.88. The molecular formula is C17H21Cl2N3OS. The molecule has 0 saturated carbocycles. The molecule has 1 aromatic heterocycles. The first-order valence-corrected chi connectivity index (χ1v) is 8.93. The second-order valence-electron chi connectivity index (χ2n) is 6.08. The van der Waals surface area contributed by atoms with E-state index in [4.69, 9.17) is 11.6 Å². The number of nitrogens with one attached hydrogen (secondary N) is 2. The van der Waals surface area contributed by atoms with Crippen LogP contribution < -0.4 is 10.6 Å². The molecule has 3 rings (SSSR count). The van der Waals surface area contributed by atoms with Crippen LogP contribution in [0.1, 0.15) is 22.9 Å². The van der Waals surface area contributed by atoms with Crippen molar-refractivity contribution in [2.75, 3.05) is 18.4 Å². The average Bonchev–Trinajstić information content (AvgIpc) is 2.87. The average molecular weight is 386 g/mol. The van der Waals surface area contributed by atoms with E-state index >= 15 is 0 Å². The summed E-state index contributed by atoms with van der Waals surface area (Å²) in [5, 5.41) is 7.57. The van der Waals surface area contributed by atoms with E-state index in [1.165, 1.54) is 22.5 Å². The molecule has 130 valence electrons. The maximum atomic E-state index is 12.2. The van der Waals surface area contributed by atoms with Crippen LogP contribution in [0.4, 0.5) is 5.13 Å². The summed E-state index contributed by atoms with van der Waals surface area (Å²) >= 11 is 7.52. The monoisotopic (exact) mass is 385 g/mol. The van der Waals surface area contributed by atoms with Gasteiger partial charge in [-0.25, -0.2) is 4.98 Å². The lowest BCUT2D eigenvalue weighted by molar-refractivity contribution is -0.121. The smallest absolute Gasteiger partial charge is 0.229 e. The number of hydrogen-bond donors (Lipinski definition) is 2. The van der Waals surface area contributed by atoms with Crippen LogP contribution in [0, 0.1) is 18.8 Å². The maximum Gasteiger partial charge on any atom is 0.229 e. The molecule has 1 unspecified atom stereocenters. The number of nitrogens with zero attached hydrogens (tertiary/aromatic N) is 1. The highest BCUT2D eigenvalue weighted by Crippen LogP contribution is 2.25. The van der Waals surface area contributed by atoms with E-state index in [9.17, 15) is 4.79 Å². The highest BCUT2D eigenvalue weighted by Gasteiger charge is 2.29. The van der Waals surface area contributed by atoms with Gasteiger partial charge in [-0.2, -0.15) is 0 Å². The Bertz CT molecular complexity index is 716. The number of benzene rings is 1. The minimum absolute atomic E-state index is 0. The topological polar surface area (TPSA) is 54.0 Å². The van der Waals surface area contributed by atoms with Gasteiger partial charge in [-0.15, -0.1) is 23.7 Å². The molecule has 1 atom stereocenters. The van der Waals surface area contributed by atoms with Gasteiger partial charge < -0.3 is 10.6 Å². The van der Waals surface area contributed by atoms with E-state index in [2.05, 4.69) is 22.5 Å². The molecule has 1 fully saturated rings. The first kappa shape index (κ1) is 19.2. The Labute approximate surface area is 157 Å². The zero-order valence-corrected chi connectivity index (χ0v) is 16.0. The maximum absolute atomic E-state index is 12.2. The van der Waals surface area contributed by atoms with Crippen molar-refractivity contribution in [1.82, 2.24) is 10.3 Å². The molecule has 4 nitrogen and oxygen atoms in total. The zero-order chi connectivity index (χ0) is 16.4. The third kappa shape index (κ3) is 4.48. The first-order valence-electron chi connectivity index (χ1n) is 7.74. The predicted octanol–water partition coefficient (Wildman–Crippen LogP) is 3.91. The van der Waals surface area contributed by atoms with Crippen LogP contribution in [0.5, 0.6) is 0 Å². The van der Waals surface area contributed by atoms with E-state index < -0.39 is 0 Å². The Kier molecular flexibility index (Phi) is 6.63. The van der Waals surface area contributed by atoms with Crippen molar-refractivity contribution in [3.63, 3.8) is 0 Å². The third-order valence-corrected chi connectivity index (χ3v) is 5.53. The second kappa shape index (κ2) is 8.30. The zero-order valence-electron chi connectivity index (χ0n) is 13.6. The third-order valence-electron chi connectivity index (χ3n) is 4.39. The Hall–Kier alpha value is -1.14. The Morgan fingerprint density at radius 3 is 2.88 bits per heavy atom. The SMILES string of the molecule is Cc1cc(Cl)ccc1Cc1cnc(NC(=O)C(C)C2CNC2)s1.Cl. The Morgan fingerprint density at radius 2 is 2.25 bits per heavy atom. The van der Waals surface area contributed by atoms with Crippen LogP contribution in [-0.2, 0) is 11.2 Å². The molecule has 24 heavy (non-hydrogen) atoms. The van der Waals surface area contributed by atoms with Gasteiger partial charge in [-0.1, -0.05) is 24.6 Å². The van der Waals surface area contributed by atoms with Crippen molar-refractivity contribution >= 4 is 46.4 Å². The minimum Gasteiger partial charge on any atom is -0.316 e. The molecule has 0 bridgehead atoms. The van der Waals surface area contributed by atoms with Crippen LogP contribution in [0.3, 0.4) is 0 Å². The van der Waals surface area contributed by atoms with Crippen LogP contribution in [0.15, 0.2) is 24.4 Å². The molecule has 1 aliphatic rings. The van der Waals surface area contributed by atoms with E-state index in [0.29, 0.717) is 11.0 Å². The van der Waals surface area contributed by atoms with Crippen LogP contribution in [-0.4, -0.2) is 24.0 Å². The van der Waals surface area contributed by atoms with Gasteiger partial charge in [-0.05, 0) is 49.2 Å². The quantitative estimate of drug-likeness (QED) is 0.819. The normalized spacial score (nSPS) is 15.3. The summed E-state index contributed by atoms with van der Waals surface area (Å²) in [4.78, 5) is 17.7. The van der Waals surface area contributed by atoms with Crippen LogP contribution in [0.2, 0.25) is 5.02 Å². The van der Waals surface area contributed by atoms with Gasteiger partial charge in [0.05, 0.1) is 0 Å². The summed E-state index contributed by atoms with van der Waals surface area (Å²) in [5.74, 6) is 0.508. The molecule has 0 radical (unpaired) electrons. The van der Waals surface area contributed by atoms with Gasteiger partial charge in [0.1, 0.15) is 0 Å². The summed E-state index contributed by atoms with van der Waals surface area (Å²) in [7, 11) is 0. The number of aryl methyl sites for hydroxylation is 1. The van der Waals surface area contributed by atoms with Gasteiger partial charge in [0, 0.05) is 28.4 Å². The highest BCUT2D eigenvalue weighted by atomic mass is 35.5. The lowest BCUT2D eigenvalue weighted by atomic mass is 9.88. The Balaban J connectivity index is 0.00000208. The molecule has 2 aromatic rings. The van der Waals surface area contributed by atoms with Crippen LogP contribution in [0.25, 0.3) is 0 Å². The molecule has 2 heterocycles. The van der Waals surface area contributed by atoms with Crippen molar-refractivity contribution in [1.29, 1.82) is 0 Å². The highest BCUT2D eigenvalue weighted by molar-refractivity contribution is 7.15. The summed E-state index contributed by atoms with van der Waals surface area (Å²) in [5.41, 5.74) is 2.40. The first-order chi connectivity index (χ1) is 11.0. The number of amides is 1. The number of carbonyl (C=O) groups is 1. The van der Waals surface area contributed by atoms with Gasteiger partial charge in [0.2, 0.25) is 5.91 Å². The molecule has 0 aliphatic carbocycles. The fraction of sp³-hybridized carbons (Fsp3) is 0.412. The minimum atomic E-state index is 0. The molecule has 1 aromatic carbocycles. The van der Waals surface area contributed by atoms with E-state index in [1.54, 1.807) is 0 Å². The number of hydrogen-bond acceptors (Lipinski definition) is 4. The fourth-order valence-electron chi connectivity index (χ4n) is 2.59. The lowest BCUT2D eigenvalue weighted by Gasteiger charge is -2.31. The van der Waals surface area contributed by atoms with Gasteiger partial charge in [0.25, 0.3) is 0 Å². The molecule has 1 amide bonds. The van der Waals surface area contributed by atoms with Crippen molar-refractivity contribution in [2.45, 2.75) is 20.3 Å². The molecule has 0 spiro atoms. The Morgan fingerprint density at radius 1 is 1.50 bits per heavy atom. The number of carbonyl (C=O) groups excluding carboxylic acids is 1. The van der Waals surface area contributed by atoms with Crippen molar-refractivity contribution < 1.29 is 4.79 Å². The number of rotatable bonds is 5. The summed E-state index contributed by atoms with van der Waals surface area (Å²) < 4.78 is 0. The number of halogens is 2. The number of anilines is 1. The number of thiazole rings is 1. The fourth-order valence-corrected chi connectivity index (χ4v) is 3.66. The summed E-state index contributed by atoms with van der Waals surface area (Å²) in [6, 6.07) is 5.91. The lowest BCUT2D eigenvalue weighted by Crippen LogP contribution is -2.48. The van der Waals surface area contributed by atoms with Crippen LogP contribution >= 0.6 is 35.3 Å². The molecule has 2 N–H and O–H groups in total. The van der Waals surface area contributed by atoms with Crippen molar-refractivity contribution in [3.8, 4) is 0 Å². The molecular weight excluding hydrogens is 365 g/mol. The second-order valence-corrected chi connectivity index (χ2v) is 7.63. The summed E-state index contributed by atoms with van der Waals surface area (Å²) in [6.07, 6.45) is 2.64. The predicted molar refractivity (Wildman–Crippen MR) is 103 cm³/mol. The molecule has 7 heteroatoms. The van der Waals surface area contributed by atoms with Gasteiger partial charge >= 0.3 is 0 Å². The van der Waals surface area contributed by atoms with E-state index in [0.717, 1.165) is 29.4 Å². The van der Waals surface area contributed by atoms with E-state index in [-0.39, 0.29) is 24.2 Å². The molecule has 1 saturated heterocycles. The van der Waals surface area contributed by atoms with Gasteiger partial charge in [-0.3, -0.25) is 4.79 Å². The van der Waals surface area contributed by atoms with E-state index in [1.807, 2.05) is 31.3 Å².